The molecule has 0 saturated heterocycles. The molecular weight excluding hydrogens is 420 g/mol. The monoisotopic (exact) mass is 466 g/mol. The van der Waals surface area contributed by atoms with Gasteiger partial charge in [0.15, 0.2) is 0 Å². The number of hydrogen-bond acceptors (Lipinski definition) is 8. The molecule has 0 amide bonds. The summed E-state index contributed by atoms with van der Waals surface area (Å²) in [6, 6.07) is 0. The van der Waals surface area contributed by atoms with Crippen molar-refractivity contribution in [3.05, 3.63) is 0 Å². The summed E-state index contributed by atoms with van der Waals surface area (Å²) in [7, 11) is 0. The summed E-state index contributed by atoms with van der Waals surface area (Å²) in [4.78, 5) is 10.3. The van der Waals surface area contributed by atoms with Crippen LogP contribution >= 0.6 is 0 Å². The highest BCUT2D eigenvalue weighted by Gasteiger charge is 1.97. The standard InChI is InChI=1S/C23H46O9/c1-2-3-4-9-29-17-19-31-21-22-32-20-18-30-15-7-13-27-11-5-10-26-12-6-14-28-16-8-23(24)25/h2-22H2,1H3,(H,24,25). The smallest absolute Gasteiger partial charge is 0.305 e. The highest BCUT2D eigenvalue weighted by atomic mass is 16.6. The largest absolute Gasteiger partial charge is 0.481 e. The molecule has 0 aliphatic rings. The van der Waals surface area contributed by atoms with Crippen molar-refractivity contribution in [2.75, 3.05) is 92.5 Å². The van der Waals surface area contributed by atoms with Crippen molar-refractivity contribution < 1.29 is 43.1 Å². The van der Waals surface area contributed by atoms with E-state index < -0.39 is 5.97 Å². The molecule has 32 heavy (non-hydrogen) atoms. The van der Waals surface area contributed by atoms with E-state index in [0.29, 0.717) is 79.3 Å². The molecule has 9 heteroatoms. The first-order chi connectivity index (χ1) is 15.8. The zero-order valence-corrected chi connectivity index (χ0v) is 20.1. The van der Waals surface area contributed by atoms with Gasteiger partial charge in [0.25, 0.3) is 0 Å². The van der Waals surface area contributed by atoms with Crippen LogP contribution in [0.4, 0.5) is 0 Å². The molecule has 9 nitrogen and oxygen atoms in total. The molecule has 0 fully saturated rings. The second kappa shape index (κ2) is 28.2. The molecule has 0 aliphatic heterocycles. The van der Waals surface area contributed by atoms with Crippen molar-refractivity contribution >= 4 is 5.97 Å². The van der Waals surface area contributed by atoms with Gasteiger partial charge in [-0.2, -0.15) is 0 Å². The number of carbonyl (C=O) groups is 1. The van der Waals surface area contributed by atoms with Crippen LogP contribution in [0.25, 0.3) is 0 Å². The summed E-state index contributed by atoms with van der Waals surface area (Å²) in [6.07, 6.45) is 6.07. The van der Waals surface area contributed by atoms with E-state index in [4.69, 9.17) is 38.3 Å². The summed E-state index contributed by atoms with van der Waals surface area (Å²) in [6.45, 7) is 10.6. The van der Waals surface area contributed by atoms with Crippen LogP contribution in [0, 0.1) is 0 Å². The van der Waals surface area contributed by atoms with Gasteiger partial charge in [-0.15, -0.1) is 0 Å². The topological polar surface area (TPSA) is 102 Å². The molecule has 0 radical (unpaired) electrons. The number of aliphatic carboxylic acids is 1. The van der Waals surface area contributed by atoms with Crippen LogP contribution in [-0.2, 0) is 38.0 Å². The van der Waals surface area contributed by atoms with Crippen molar-refractivity contribution in [1.29, 1.82) is 0 Å². The van der Waals surface area contributed by atoms with E-state index in [2.05, 4.69) is 6.92 Å². The Labute approximate surface area is 194 Å². The van der Waals surface area contributed by atoms with E-state index in [1.165, 1.54) is 12.8 Å². The second-order valence-electron chi connectivity index (χ2n) is 7.20. The van der Waals surface area contributed by atoms with E-state index in [1.54, 1.807) is 0 Å². The molecule has 0 saturated carbocycles. The molecule has 0 aromatic carbocycles. The first-order valence-electron chi connectivity index (χ1n) is 12.0. The maximum atomic E-state index is 10.3. The molecule has 0 spiro atoms. The Hall–Kier alpha value is -0.810. The fourth-order valence-electron chi connectivity index (χ4n) is 2.47. The molecule has 192 valence electrons. The average Bonchev–Trinajstić information content (AvgIpc) is 2.78. The highest BCUT2D eigenvalue weighted by Crippen LogP contribution is 1.94. The van der Waals surface area contributed by atoms with Crippen molar-refractivity contribution in [2.24, 2.45) is 0 Å². The fourth-order valence-corrected chi connectivity index (χ4v) is 2.47. The Morgan fingerprint density at radius 1 is 0.469 bits per heavy atom. The van der Waals surface area contributed by atoms with Crippen LogP contribution in [-0.4, -0.2) is 104 Å². The molecule has 0 rings (SSSR count). The fraction of sp³-hybridized carbons (Fsp3) is 0.957. The predicted molar refractivity (Wildman–Crippen MR) is 121 cm³/mol. The molecule has 0 aromatic heterocycles. The van der Waals surface area contributed by atoms with Crippen molar-refractivity contribution in [1.82, 2.24) is 0 Å². The first-order valence-corrected chi connectivity index (χ1v) is 12.0. The maximum absolute atomic E-state index is 10.3. The van der Waals surface area contributed by atoms with Gasteiger partial charge in [-0.25, -0.2) is 0 Å². The summed E-state index contributed by atoms with van der Waals surface area (Å²) < 4.78 is 38.0. The molecule has 0 unspecified atom stereocenters. The summed E-state index contributed by atoms with van der Waals surface area (Å²) in [5, 5.41) is 8.47. The number of rotatable bonds is 28. The molecule has 0 bridgehead atoms. The minimum atomic E-state index is -0.839. The molecule has 0 aliphatic carbocycles. The predicted octanol–water partition coefficient (Wildman–Crippen LogP) is 2.94. The first kappa shape index (κ1) is 31.2. The van der Waals surface area contributed by atoms with Gasteiger partial charge >= 0.3 is 5.97 Å². The van der Waals surface area contributed by atoms with Gasteiger partial charge < -0.3 is 38.3 Å². The minimum absolute atomic E-state index is 0.0440. The summed E-state index contributed by atoms with van der Waals surface area (Å²) >= 11 is 0. The van der Waals surface area contributed by atoms with Gasteiger partial charge in [-0.1, -0.05) is 19.8 Å². The molecule has 0 atom stereocenters. The Balaban J connectivity index is 3.00. The lowest BCUT2D eigenvalue weighted by Crippen LogP contribution is -2.12. The van der Waals surface area contributed by atoms with Crippen molar-refractivity contribution in [2.45, 2.75) is 51.9 Å². The van der Waals surface area contributed by atoms with Gasteiger partial charge in [0.05, 0.1) is 52.7 Å². The third-order valence-corrected chi connectivity index (χ3v) is 4.20. The second-order valence-corrected chi connectivity index (χ2v) is 7.20. The van der Waals surface area contributed by atoms with Crippen molar-refractivity contribution in [3.8, 4) is 0 Å². The van der Waals surface area contributed by atoms with E-state index in [0.717, 1.165) is 32.3 Å². The third kappa shape index (κ3) is 29.2. The average molecular weight is 467 g/mol. The molecular formula is C23H46O9. The van der Waals surface area contributed by atoms with Crippen LogP contribution < -0.4 is 0 Å². The van der Waals surface area contributed by atoms with Crippen LogP contribution in [0.1, 0.15) is 51.9 Å². The van der Waals surface area contributed by atoms with E-state index in [1.807, 2.05) is 0 Å². The number of carboxylic acids is 1. The van der Waals surface area contributed by atoms with E-state index in [-0.39, 0.29) is 13.0 Å². The molecule has 1 N–H and O–H groups in total. The molecule has 0 heterocycles. The van der Waals surface area contributed by atoms with Gasteiger partial charge in [0.1, 0.15) is 0 Å². The number of unbranched alkanes of at least 4 members (excludes halogenated alkanes) is 2. The number of carboxylic acid groups (broad SMARTS) is 1. The number of ether oxygens (including phenoxy) is 7. The normalized spacial score (nSPS) is 11.3. The lowest BCUT2D eigenvalue weighted by atomic mass is 10.3. The van der Waals surface area contributed by atoms with Gasteiger partial charge in [0.2, 0.25) is 0 Å². The van der Waals surface area contributed by atoms with Crippen LogP contribution in [0.3, 0.4) is 0 Å². The van der Waals surface area contributed by atoms with Gasteiger partial charge in [0, 0.05) is 46.2 Å². The zero-order valence-electron chi connectivity index (χ0n) is 20.1. The van der Waals surface area contributed by atoms with Gasteiger partial charge in [-0.05, 0) is 25.7 Å². The van der Waals surface area contributed by atoms with Crippen LogP contribution in [0.2, 0.25) is 0 Å². The van der Waals surface area contributed by atoms with E-state index in [9.17, 15) is 4.79 Å². The van der Waals surface area contributed by atoms with E-state index >= 15 is 0 Å². The quantitative estimate of drug-likeness (QED) is 0.174. The van der Waals surface area contributed by atoms with Crippen LogP contribution in [0.15, 0.2) is 0 Å². The summed E-state index contributed by atoms with van der Waals surface area (Å²) in [5.41, 5.74) is 0. The maximum Gasteiger partial charge on any atom is 0.305 e. The Kier molecular flexibility index (Phi) is 27.5. The highest BCUT2D eigenvalue weighted by molar-refractivity contribution is 5.66. The zero-order chi connectivity index (χ0) is 23.4. The summed E-state index contributed by atoms with van der Waals surface area (Å²) in [5.74, 6) is -0.839. The third-order valence-electron chi connectivity index (χ3n) is 4.20. The SMILES string of the molecule is CCCCCOCCOCCOCCOCCCOCCCOCCCOCCC(=O)O. The van der Waals surface area contributed by atoms with Crippen molar-refractivity contribution in [3.63, 3.8) is 0 Å². The Morgan fingerprint density at radius 3 is 1.16 bits per heavy atom. The minimum Gasteiger partial charge on any atom is -0.481 e. The molecule has 0 aromatic rings. The Morgan fingerprint density at radius 2 is 0.781 bits per heavy atom. The van der Waals surface area contributed by atoms with Crippen LogP contribution in [0.5, 0.6) is 0 Å². The lowest BCUT2D eigenvalue weighted by Gasteiger charge is -2.08. The Bertz CT molecular complexity index is 369. The number of hydrogen-bond donors (Lipinski definition) is 1. The lowest BCUT2D eigenvalue weighted by molar-refractivity contribution is -0.138. The van der Waals surface area contributed by atoms with Gasteiger partial charge in [-0.3, -0.25) is 4.79 Å².